The predicted molar refractivity (Wildman–Crippen MR) is 112 cm³/mol. The summed E-state index contributed by atoms with van der Waals surface area (Å²) in [5.41, 5.74) is 0. The van der Waals surface area contributed by atoms with Crippen LogP contribution in [0.3, 0.4) is 0 Å². The van der Waals surface area contributed by atoms with Crippen LogP contribution in [-0.2, 0) is 28.7 Å². The van der Waals surface area contributed by atoms with E-state index in [0.29, 0.717) is 12.8 Å². The summed E-state index contributed by atoms with van der Waals surface area (Å²) >= 11 is 0. The Bertz CT molecular complexity index is 460. The number of nitrogens with one attached hydrogen (secondary N) is 2. The van der Waals surface area contributed by atoms with E-state index in [1.54, 1.807) is 0 Å². The summed E-state index contributed by atoms with van der Waals surface area (Å²) in [6.07, 6.45) is 3.99. The normalized spacial score (nSPS) is 12.6. The van der Waals surface area contributed by atoms with Crippen molar-refractivity contribution in [2.45, 2.75) is 64.5 Å². The molecule has 162 valence electrons. The van der Waals surface area contributed by atoms with Gasteiger partial charge in [-0.2, -0.15) is 0 Å². The number of carbonyl (C=O) groups is 4. The first-order valence-electron chi connectivity index (χ1n) is 9.38. The maximum Gasteiger partial charge on any atom is 0.329 e. The van der Waals surface area contributed by atoms with Gasteiger partial charge in [0.15, 0.2) is 0 Å². The monoisotopic (exact) mass is 436 g/mol. The summed E-state index contributed by atoms with van der Waals surface area (Å²) in [5, 5.41) is 5.34. The zero-order valence-electron chi connectivity index (χ0n) is 17.1. The number of methoxy groups -OCH3 is 2. The van der Waals surface area contributed by atoms with Crippen molar-refractivity contribution in [3.63, 3.8) is 0 Å². The Kier molecular flexibility index (Phi) is 15.7. The largest absolute Gasteiger partial charge is 0.467 e. The predicted octanol–water partition coefficient (Wildman–Crippen LogP) is 2.06. The van der Waals surface area contributed by atoms with Crippen LogP contribution in [-0.4, -0.2) is 61.6 Å². The molecular formula is C18H32N2O6S2. The molecule has 1 unspecified atom stereocenters. The minimum absolute atomic E-state index is 0.196. The van der Waals surface area contributed by atoms with Crippen LogP contribution in [0.1, 0.15) is 52.4 Å². The summed E-state index contributed by atoms with van der Waals surface area (Å²) in [5.74, 6) is -0.859. The van der Waals surface area contributed by atoms with Crippen molar-refractivity contribution < 1.29 is 28.7 Å². The second-order valence-corrected chi connectivity index (χ2v) is 8.61. The molecular weight excluding hydrogens is 404 g/mol. The van der Waals surface area contributed by atoms with Gasteiger partial charge in [0.25, 0.3) is 0 Å². The number of hydrogen-bond donors (Lipinski definition) is 2. The molecule has 0 rings (SSSR count). The quantitative estimate of drug-likeness (QED) is 0.228. The molecule has 0 spiro atoms. The van der Waals surface area contributed by atoms with Gasteiger partial charge in [0.1, 0.15) is 12.1 Å². The molecule has 2 N–H and O–H groups in total. The van der Waals surface area contributed by atoms with E-state index in [1.165, 1.54) is 35.8 Å². The van der Waals surface area contributed by atoms with E-state index in [-0.39, 0.29) is 23.3 Å². The highest BCUT2D eigenvalue weighted by Gasteiger charge is 2.24. The molecule has 0 fully saturated rings. The molecule has 0 bridgehead atoms. The Morgan fingerprint density at radius 2 is 1.11 bits per heavy atom. The fourth-order valence-corrected chi connectivity index (χ4v) is 4.36. The van der Waals surface area contributed by atoms with Crippen molar-refractivity contribution >= 4 is 45.3 Å². The highest BCUT2D eigenvalue weighted by molar-refractivity contribution is 8.76. The molecule has 0 aliphatic heterocycles. The summed E-state index contributed by atoms with van der Waals surface area (Å²) < 4.78 is 9.47. The molecule has 2 atom stereocenters. The lowest BCUT2D eigenvalue weighted by Crippen LogP contribution is -2.44. The Balaban J connectivity index is 4.52. The minimum atomic E-state index is -0.762. The average molecular weight is 437 g/mol. The van der Waals surface area contributed by atoms with Gasteiger partial charge in [0.05, 0.1) is 14.2 Å². The zero-order chi connectivity index (χ0) is 21.4. The SMILES string of the molecule is CCCCC(=O)NC(CSSC[C@H](NC(=O)CCCC)C(=O)OC)C(=O)OC. The number of esters is 2. The first-order valence-corrected chi connectivity index (χ1v) is 11.9. The van der Waals surface area contributed by atoms with E-state index in [4.69, 9.17) is 9.47 Å². The molecule has 0 aromatic carbocycles. The molecule has 28 heavy (non-hydrogen) atoms. The number of rotatable bonds is 15. The zero-order valence-corrected chi connectivity index (χ0v) is 18.7. The summed E-state index contributed by atoms with van der Waals surface area (Å²) in [7, 11) is 5.16. The number of unbranched alkanes of at least 4 members (excludes halogenated alkanes) is 2. The Hall–Kier alpha value is -1.42. The number of ether oxygens (including phenoxy) is 2. The van der Waals surface area contributed by atoms with E-state index < -0.39 is 24.0 Å². The van der Waals surface area contributed by atoms with Crippen LogP contribution in [0.15, 0.2) is 0 Å². The Morgan fingerprint density at radius 1 is 0.750 bits per heavy atom. The molecule has 0 saturated carbocycles. The topological polar surface area (TPSA) is 111 Å². The fraction of sp³-hybridized carbons (Fsp3) is 0.778. The van der Waals surface area contributed by atoms with E-state index in [2.05, 4.69) is 10.6 Å². The molecule has 0 radical (unpaired) electrons. The van der Waals surface area contributed by atoms with E-state index >= 15 is 0 Å². The molecule has 8 nitrogen and oxygen atoms in total. The van der Waals surface area contributed by atoms with E-state index in [9.17, 15) is 19.2 Å². The highest BCUT2D eigenvalue weighted by atomic mass is 33.1. The Morgan fingerprint density at radius 3 is 1.39 bits per heavy atom. The van der Waals surface area contributed by atoms with Crippen molar-refractivity contribution in [3.05, 3.63) is 0 Å². The first-order chi connectivity index (χ1) is 13.4. The molecule has 0 saturated heterocycles. The van der Waals surface area contributed by atoms with Crippen molar-refractivity contribution in [2.75, 3.05) is 25.7 Å². The number of carbonyl (C=O) groups excluding carboxylic acids is 4. The molecule has 0 aromatic rings. The third-order valence-electron chi connectivity index (χ3n) is 3.71. The standard InChI is InChI=1S/C18H32N2O6S2/c1-5-7-9-15(21)19-13(17(23)25-3)11-27-28-12-14(18(24)26-4)20-16(22)10-8-6-2/h13-14H,5-12H2,1-4H3,(H,19,21)(H,20,22)/t13-,14?/m0/s1. The first kappa shape index (κ1) is 26.6. The van der Waals surface area contributed by atoms with Crippen LogP contribution in [0, 0.1) is 0 Å². The molecule has 0 aliphatic carbocycles. The van der Waals surface area contributed by atoms with Gasteiger partial charge in [-0.15, -0.1) is 0 Å². The van der Waals surface area contributed by atoms with Crippen molar-refractivity contribution in [2.24, 2.45) is 0 Å². The minimum Gasteiger partial charge on any atom is -0.467 e. The van der Waals surface area contributed by atoms with E-state index in [1.807, 2.05) is 13.8 Å². The average Bonchev–Trinajstić information content (AvgIpc) is 2.70. The van der Waals surface area contributed by atoms with Gasteiger partial charge >= 0.3 is 11.9 Å². The molecule has 0 heterocycles. The fourth-order valence-electron chi connectivity index (χ4n) is 2.06. The van der Waals surface area contributed by atoms with Crippen LogP contribution in [0.25, 0.3) is 0 Å². The van der Waals surface area contributed by atoms with Crippen LogP contribution < -0.4 is 10.6 Å². The van der Waals surface area contributed by atoms with Crippen LogP contribution in [0.4, 0.5) is 0 Å². The lowest BCUT2D eigenvalue weighted by Gasteiger charge is -2.18. The Labute approximate surface area is 175 Å². The lowest BCUT2D eigenvalue weighted by atomic mass is 10.2. The smallest absolute Gasteiger partial charge is 0.329 e. The third kappa shape index (κ3) is 12.1. The second kappa shape index (κ2) is 16.5. The summed E-state index contributed by atoms with van der Waals surface area (Å²) in [4.78, 5) is 47.4. The van der Waals surface area contributed by atoms with Crippen molar-refractivity contribution in [1.29, 1.82) is 0 Å². The number of amides is 2. The van der Waals surface area contributed by atoms with Gasteiger partial charge < -0.3 is 20.1 Å². The van der Waals surface area contributed by atoms with Gasteiger partial charge in [-0.05, 0) is 12.8 Å². The maximum atomic E-state index is 11.9. The van der Waals surface area contributed by atoms with Gasteiger partial charge in [-0.3, -0.25) is 9.59 Å². The van der Waals surface area contributed by atoms with Gasteiger partial charge in [0, 0.05) is 24.3 Å². The maximum absolute atomic E-state index is 11.9. The summed E-state index contributed by atoms with van der Waals surface area (Å²) in [6.45, 7) is 3.96. The van der Waals surface area contributed by atoms with Crippen LogP contribution in [0.5, 0.6) is 0 Å². The van der Waals surface area contributed by atoms with Gasteiger partial charge in [-0.1, -0.05) is 48.3 Å². The summed E-state index contributed by atoms with van der Waals surface area (Å²) in [6, 6.07) is -1.52. The molecule has 2 amide bonds. The highest BCUT2D eigenvalue weighted by Crippen LogP contribution is 2.23. The second-order valence-electron chi connectivity index (χ2n) is 6.06. The van der Waals surface area contributed by atoms with Gasteiger partial charge in [0.2, 0.25) is 11.8 Å². The lowest BCUT2D eigenvalue weighted by molar-refractivity contribution is -0.144. The molecule has 0 aliphatic rings. The van der Waals surface area contributed by atoms with Gasteiger partial charge in [-0.25, -0.2) is 9.59 Å². The molecule has 10 heteroatoms. The van der Waals surface area contributed by atoms with E-state index in [0.717, 1.165) is 25.7 Å². The number of hydrogen-bond acceptors (Lipinski definition) is 8. The van der Waals surface area contributed by atoms with Crippen LogP contribution >= 0.6 is 21.6 Å². The van der Waals surface area contributed by atoms with Crippen molar-refractivity contribution in [3.8, 4) is 0 Å². The molecule has 0 aromatic heterocycles. The third-order valence-corrected chi connectivity index (χ3v) is 6.13. The van der Waals surface area contributed by atoms with Crippen LogP contribution in [0.2, 0.25) is 0 Å². The van der Waals surface area contributed by atoms with Crippen molar-refractivity contribution in [1.82, 2.24) is 10.6 Å².